The maximum absolute atomic E-state index is 10.4. The van der Waals surface area contributed by atoms with Gasteiger partial charge in [-0.05, 0) is 37.6 Å². The van der Waals surface area contributed by atoms with Crippen molar-refractivity contribution in [3.63, 3.8) is 0 Å². The number of rotatable bonds is 13. The Labute approximate surface area is 196 Å². The minimum atomic E-state index is -0.595. The number of benzene rings is 2. The van der Waals surface area contributed by atoms with Gasteiger partial charge in [-0.1, -0.05) is 42.8 Å². The average molecular weight is 454 g/mol. The molecule has 0 aliphatic heterocycles. The van der Waals surface area contributed by atoms with Gasteiger partial charge in [0.1, 0.15) is 5.75 Å². The fourth-order valence-corrected chi connectivity index (χ4v) is 3.71. The van der Waals surface area contributed by atoms with Crippen molar-refractivity contribution in [2.45, 2.75) is 32.9 Å². The molecule has 2 aromatic carbocycles. The fourth-order valence-electron chi connectivity index (χ4n) is 3.71. The number of hydrogen-bond acceptors (Lipinski definition) is 6. The molecule has 0 saturated heterocycles. The molecule has 0 spiro atoms. The molecule has 1 aromatic heterocycles. The van der Waals surface area contributed by atoms with Crippen LogP contribution >= 0.6 is 0 Å². The van der Waals surface area contributed by atoms with E-state index < -0.39 is 6.10 Å². The van der Waals surface area contributed by atoms with Crippen LogP contribution in [0.3, 0.4) is 0 Å². The molecule has 0 amide bonds. The summed E-state index contributed by atoms with van der Waals surface area (Å²) in [6.45, 7) is 6.68. The van der Waals surface area contributed by atoms with E-state index in [-0.39, 0.29) is 6.61 Å². The van der Waals surface area contributed by atoms with Crippen LogP contribution in [0.25, 0.3) is 5.69 Å². The summed E-state index contributed by atoms with van der Waals surface area (Å²) in [5.41, 5.74) is 4.07. The Morgan fingerprint density at radius 1 is 1.03 bits per heavy atom. The number of aromatic nitrogens is 2. The van der Waals surface area contributed by atoms with Crippen LogP contribution in [0.15, 0.2) is 54.6 Å². The molecule has 0 radical (unpaired) electrons. The van der Waals surface area contributed by atoms with Gasteiger partial charge in [-0.3, -0.25) is 4.90 Å². The molecule has 7 heteroatoms. The molecule has 1 atom stereocenters. The first-order chi connectivity index (χ1) is 16.0. The molecule has 0 bridgehead atoms. The second kappa shape index (κ2) is 12.5. The molecule has 3 rings (SSSR count). The number of aliphatic hydroxyl groups excluding tert-OH is 1. The highest BCUT2D eigenvalue weighted by Gasteiger charge is 2.23. The monoisotopic (exact) mass is 453 g/mol. The molecule has 178 valence electrons. The SMILES string of the molecule is CCc1nn(-c2ccccc2)c(Oc2ccc(C)cc2)c1CN(CCOC)CC(O)COC. The fraction of sp³-hybridized carbons (Fsp3) is 0.423. The summed E-state index contributed by atoms with van der Waals surface area (Å²) in [4.78, 5) is 2.15. The number of aryl methyl sites for hydroxylation is 2. The highest BCUT2D eigenvalue weighted by molar-refractivity contribution is 5.44. The molecule has 1 heterocycles. The molecular weight excluding hydrogens is 418 g/mol. The van der Waals surface area contributed by atoms with Crippen LogP contribution < -0.4 is 4.74 Å². The Morgan fingerprint density at radius 3 is 2.39 bits per heavy atom. The smallest absolute Gasteiger partial charge is 0.227 e. The maximum atomic E-state index is 10.4. The Hall–Kier alpha value is -2.71. The Morgan fingerprint density at radius 2 is 1.76 bits per heavy atom. The third-order valence-electron chi connectivity index (χ3n) is 5.41. The lowest BCUT2D eigenvalue weighted by atomic mass is 10.1. The van der Waals surface area contributed by atoms with E-state index >= 15 is 0 Å². The summed E-state index contributed by atoms with van der Waals surface area (Å²) in [7, 11) is 3.27. The largest absolute Gasteiger partial charge is 0.439 e. The van der Waals surface area contributed by atoms with Crippen LogP contribution in [0.4, 0.5) is 0 Å². The van der Waals surface area contributed by atoms with Gasteiger partial charge in [0.15, 0.2) is 0 Å². The van der Waals surface area contributed by atoms with Gasteiger partial charge in [0.2, 0.25) is 5.88 Å². The minimum Gasteiger partial charge on any atom is -0.439 e. The Balaban J connectivity index is 2.01. The van der Waals surface area contributed by atoms with E-state index in [0.717, 1.165) is 29.1 Å². The van der Waals surface area contributed by atoms with Gasteiger partial charge in [-0.25, -0.2) is 4.68 Å². The second-order valence-corrected chi connectivity index (χ2v) is 8.08. The first-order valence-corrected chi connectivity index (χ1v) is 11.3. The van der Waals surface area contributed by atoms with E-state index in [1.165, 1.54) is 5.56 Å². The molecule has 33 heavy (non-hydrogen) atoms. The van der Waals surface area contributed by atoms with Crippen LogP contribution in [0.1, 0.15) is 23.7 Å². The number of hydrogen-bond donors (Lipinski definition) is 1. The Kier molecular flexibility index (Phi) is 9.45. The predicted octanol–water partition coefficient (Wildman–Crippen LogP) is 3.99. The summed E-state index contributed by atoms with van der Waals surface area (Å²) in [5, 5.41) is 15.3. The van der Waals surface area contributed by atoms with Crippen molar-refractivity contribution in [2.24, 2.45) is 0 Å². The normalized spacial score (nSPS) is 12.3. The highest BCUT2D eigenvalue weighted by Crippen LogP contribution is 2.32. The number of nitrogens with zero attached hydrogens (tertiary/aromatic N) is 3. The second-order valence-electron chi connectivity index (χ2n) is 8.08. The van der Waals surface area contributed by atoms with E-state index in [9.17, 15) is 5.11 Å². The molecule has 3 aromatic rings. The minimum absolute atomic E-state index is 0.278. The third-order valence-corrected chi connectivity index (χ3v) is 5.41. The summed E-state index contributed by atoms with van der Waals surface area (Å²) in [5.74, 6) is 1.44. The van der Waals surface area contributed by atoms with Gasteiger partial charge in [0.25, 0.3) is 0 Å². The van der Waals surface area contributed by atoms with Gasteiger partial charge in [-0.2, -0.15) is 5.10 Å². The van der Waals surface area contributed by atoms with E-state index in [0.29, 0.717) is 32.1 Å². The molecular formula is C26H35N3O4. The zero-order chi connectivity index (χ0) is 23.6. The number of ether oxygens (including phenoxy) is 3. The van der Waals surface area contributed by atoms with Crippen molar-refractivity contribution >= 4 is 0 Å². The van der Waals surface area contributed by atoms with Crippen molar-refractivity contribution in [3.8, 4) is 17.3 Å². The Bertz CT molecular complexity index is 973. The van der Waals surface area contributed by atoms with Crippen molar-refractivity contribution in [2.75, 3.05) is 40.5 Å². The van der Waals surface area contributed by atoms with Crippen molar-refractivity contribution in [1.29, 1.82) is 0 Å². The van der Waals surface area contributed by atoms with Crippen molar-refractivity contribution in [3.05, 3.63) is 71.4 Å². The lowest BCUT2D eigenvalue weighted by Gasteiger charge is -2.25. The summed E-state index contributed by atoms with van der Waals surface area (Å²) >= 11 is 0. The zero-order valence-corrected chi connectivity index (χ0v) is 20.0. The summed E-state index contributed by atoms with van der Waals surface area (Å²) in [6, 6.07) is 18.0. The molecule has 0 aliphatic carbocycles. The van der Waals surface area contributed by atoms with E-state index in [4.69, 9.17) is 19.3 Å². The zero-order valence-electron chi connectivity index (χ0n) is 20.0. The van der Waals surface area contributed by atoms with Gasteiger partial charge in [0.05, 0.1) is 36.3 Å². The van der Waals surface area contributed by atoms with Gasteiger partial charge < -0.3 is 19.3 Å². The van der Waals surface area contributed by atoms with Gasteiger partial charge in [0, 0.05) is 33.9 Å². The van der Waals surface area contributed by atoms with Crippen molar-refractivity contribution in [1.82, 2.24) is 14.7 Å². The number of aliphatic hydroxyl groups is 1. The van der Waals surface area contributed by atoms with Gasteiger partial charge >= 0.3 is 0 Å². The van der Waals surface area contributed by atoms with Crippen molar-refractivity contribution < 1.29 is 19.3 Å². The van der Waals surface area contributed by atoms with E-state index in [1.807, 2.05) is 59.3 Å². The van der Waals surface area contributed by atoms with Crippen LogP contribution in [-0.4, -0.2) is 66.4 Å². The molecule has 0 saturated carbocycles. The van der Waals surface area contributed by atoms with E-state index in [2.05, 4.69) is 18.7 Å². The first-order valence-electron chi connectivity index (χ1n) is 11.3. The molecule has 1 unspecified atom stereocenters. The van der Waals surface area contributed by atoms with Crippen LogP contribution in [0.5, 0.6) is 11.6 Å². The molecule has 1 N–H and O–H groups in total. The third kappa shape index (κ3) is 6.88. The topological polar surface area (TPSA) is 69.0 Å². The molecule has 7 nitrogen and oxygen atoms in total. The number of para-hydroxylation sites is 1. The van der Waals surface area contributed by atoms with Crippen LogP contribution in [0, 0.1) is 6.92 Å². The first kappa shape index (κ1) is 24.9. The lowest BCUT2D eigenvalue weighted by molar-refractivity contribution is 0.0291. The van der Waals surface area contributed by atoms with Crippen LogP contribution in [-0.2, 0) is 22.4 Å². The van der Waals surface area contributed by atoms with E-state index in [1.54, 1.807) is 14.2 Å². The lowest BCUT2D eigenvalue weighted by Crippen LogP contribution is -2.36. The number of methoxy groups -OCH3 is 2. The average Bonchev–Trinajstić information content (AvgIpc) is 3.16. The summed E-state index contributed by atoms with van der Waals surface area (Å²) in [6.07, 6.45) is 0.167. The molecule has 0 fully saturated rings. The quantitative estimate of drug-likeness (QED) is 0.422. The molecule has 0 aliphatic rings. The maximum Gasteiger partial charge on any atom is 0.227 e. The highest BCUT2D eigenvalue weighted by atomic mass is 16.5. The predicted molar refractivity (Wildman–Crippen MR) is 129 cm³/mol. The standard InChI is InChI=1S/C26H35N3O4/c1-5-25-24(18-28(15-16-31-3)17-22(30)19-32-4)26(33-23-13-11-20(2)12-14-23)29(27-25)21-9-7-6-8-10-21/h6-14,22,30H,5,15-19H2,1-4H3. The van der Waals surface area contributed by atoms with Gasteiger partial charge in [-0.15, -0.1) is 0 Å². The summed E-state index contributed by atoms with van der Waals surface area (Å²) < 4.78 is 18.8. The van der Waals surface area contributed by atoms with Crippen LogP contribution in [0.2, 0.25) is 0 Å².